The summed E-state index contributed by atoms with van der Waals surface area (Å²) in [5, 5.41) is 0. The van der Waals surface area contributed by atoms with Gasteiger partial charge in [-0.05, 0) is 18.6 Å². The lowest BCUT2D eigenvalue weighted by Gasteiger charge is -2.19. The van der Waals surface area contributed by atoms with Crippen LogP contribution in [0.1, 0.15) is 38.8 Å². The van der Waals surface area contributed by atoms with Crippen LogP contribution >= 0.6 is 0 Å². The molecule has 1 aliphatic carbocycles. The summed E-state index contributed by atoms with van der Waals surface area (Å²) in [6.07, 6.45) is -4.45. The summed E-state index contributed by atoms with van der Waals surface area (Å²) >= 11 is 0. The Morgan fingerprint density at radius 3 is 2.12 bits per heavy atom. The van der Waals surface area contributed by atoms with Crippen LogP contribution in [0.15, 0.2) is 59.7 Å². The van der Waals surface area contributed by atoms with Crippen molar-refractivity contribution in [2.45, 2.75) is 19.5 Å². The fourth-order valence-corrected chi connectivity index (χ4v) is 2.83. The average Bonchev–Trinajstić information content (AvgIpc) is 2.56. The molecule has 0 radical (unpaired) electrons. The van der Waals surface area contributed by atoms with Crippen molar-refractivity contribution < 1.29 is 22.8 Å². The van der Waals surface area contributed by atoms with E-state index < -0.39 is 11.7 Å². The molecule has 0 saturated carbocycles. The van der Waals surface area contributed by atoms with Crippen molar-refractivity contribution in [2.24, 2.45) is 0 Å². The molecular formula is C19H13F3O2. The van der Waals surface area contributed by atoms with Crippen LogP contribution in [-0.2, 0) is 12.6 Å². The molecule has 2 aromatic carbocycles. The number of rotatable bonds is 2. The van der Waals surface area contributed by atoms with E-state index in [0.717, 1.165) is 12.1 Å². The Kier molecular flexibility index (Phi) is 3.87. The zero-order valence-electron chi connectivity index (χ0n) is 12.8. The Balaban J connectivity index is 2.00. The van der Waals surface area contributed by atoms with Gasteiger partial charge in [-0.1, -0.05) is 42.5 Å². The molecule has 0 fully saturated rings. The van der Waals surface area contributed by atoms with Gasteiger partial charge in [0.15, 0.2) is 11.6 Å². The second-order valence-electron chi connectivity index (χ2n) is 5.68. The molecular weight excluding hydrogens is 317 g/mol. The Labute approximate surface area is 136 Å². The minimum atomic E-state index is -4.45. The lowest BCUT2D eigenvalue weighted by atomic mass is 9.82. The number of hydrogen-bond donors (Lipinski definition) is 0. The molecule has 2 nitrogen and oxygen atoms in total. The molecule has 122 valence electrons. The maximum Gasteiger partial charge on any atom is 0.416 e. The molecule has 0 unspecified atom stereocenters. The number of benzene rings is 2. The van der Waals surface area contributed by atoms with Crippen molar-refractivity contribution in [3.63, 3.8) is 0 Å². The van der Waals surface area contributed by atoms with Crippen molar-refractivity contribution >= 4 is 11.6 Å². The van der Waals surface area contributed by atoms with E-state index in [1.165, 1.54) is 12.1 Å². The first kappa shape index (κ1) is 16.2. The molecule has 0 N–H and O–H groups in total. The van der Waals surface area contributed by atoms with Crippen LogP contribution in [0.4, 0.5) is 13.2 Å². The summed E-state index contributed by atoms with van der Waals surface area (Å²) in [6, 6.07) is 11.3. The fourth-order valence-electron chi connectivity index (χ4n) is 2.83. The highest BCUT2D eigenvalue weighted by atomic mass is 19.4. The van der Waals surface area contributed by atoms with Gasteiger partial charge in [0, 0.05) is 28.7 Å². The number of carbonyl (C=O) groups is 2. The smallest absolute Gasteiger partial charge is 0.289 e. The SMILES string of the molecule is CC1=C(Cc2cccc(C(F)(F)F)c2)C(=O)c2ccccc2C1=O. The highest BCUT2D eigenvalue weighted by Gasteiger charge is 2.32. The molecule has 0 heterocycles. The summed E-state index contributed by atoms with van der Waals surface area (Å²) < 4.78 is 38.5. The molecule has 5 heteroatoms. The Hall–Kier alpha value is -2.69. The first-order valence-electron chi connectivity index (χ1n) is 7.33. The van der Waals surface area contributed by atoms with E-state index in [1.807, 2.05) is 0 Å². The normalized spacial score (nSPS) is 14.8. The minimum absolute atomic E-state index is 0.00530. The standard InChI is InChI=1S/C19H13F3O2/c1-11-16(10-12-5-4-6-13(9-12)19(20,21)22)18(24)15-8-3-2-7-14(15)17(11)23/h2-9H,10H2,1H3. The highest BCUT2D eigenvalue weighted by Crippen LogP contribution is 2.32. The number of allylic oxidation sites excluding steroid dienone is 2. The third-order valence-corrected chi connectivity index (χ3v) is 4.12. The number of carbonyl (C=O) groups excluding carboxylic acids is 2. The summed E-state index contributed by atoms with van der Waals surface area (Å²) in [4.78, 5) is 25.0. The zero-order chi connectivity index (χ0) is 17.5. The number of hydrogen-bond acceptors (Lipinski definition) is 2. The van der Waals surface area contributed by atoms with E-state index in [0.29, 0.717) is 16.7 Å². The third-order valence-electron chi connectivity index (χ3n) is 4.12. The maximum absolute atomic E-state index is 12.8. The molecule has 0 atom stereocenters. The molecule has 0 aliphatic heterocycles. The second kappa shape index (κ2) is 5.74. The second-order valence-corrected chi connectivity index (χ2v) is 5.68. The topological polar surface area (TPSA) is 34.1 Å². The molecule has 0 amide bonds. The van der Waals surface area contributed by atoms with E-state index in [2.05, 4.69) is 0 Å². The lowest BCUT2D eigenvalue weighted by Crippen LogP contribution is -2.22. The number of Topliss-reactive ketones (excluding diaryl/α,β-unsaturated/α-hetero) is 2. The van der Waals surface area contributed by atoms with Crippen LogP contribution in [0.25, 0.3) is 0 Å². The Bertz CT molecular complexity index is 876. The summed E-state index contributed by atoms with van der Waals surface area (Å²) in [7, 11) is 0. The van der Waals surface area contributed by atoms with Gasteiger partial charge in [0.05, 0.1) is 5.56 Å². The van der Waals surface area contributed by atoms with Crippen LogP contribution in [-0.4, -0.2) is 11.6 Å². The molecule has 0 aromatic heterocycles. The van der Waals surface area contributed by atoms with Gasteiger partial charge in [-0.3, -0.25) is 9.59 Å². The molecule has 2 aromatic rings. The van der Waals surface area contributed by atoms with Gasteiger partial charge >= 0.3 is 6.18 Å². The molecule has 0 saturated heterocycles. The molecule has 0 bridgehead atoms. The van der Waals surface area contributed by atoms with Crippen molar-refractivity contribution in [1.29, 1.82) is 0 Å². The van der Waals surface area contributed by atoms with E-state index in [9.17, 15) is 22.8 Å². The number of halogens is 3. The van der Waals surface area contributed by atoms with Gasteiger partial charge in [0.1, 0.15) is 0 Å². The van der Waals surface area contributed by atoms with Crippen molar-refractivity contribution in [3.8, 4) is 0 Å². The lowest BCUT2D eigenvalue weighted by molar-refractivity contribution is -0.137. The van der Waals surface area contributed by atoms with Gasteiger partial charge in [-0.25, -0.2) is 0 Å². The minimum Gasteiger partial charge on any atom is -0.289 e. The Morgan fingerprint density at radius 1 is 0.875 bits per heavy atom. The van der Waals surface area contributed by atoms with Gasteiger partial charge in [-0.2, -0.15) is 13.2 Å². The number of alkyl halides is 3. The first-order chi connectivity index (χ1) is 11.3. The Morgan fingerprint density at radius 2 is 1.50 bits per heavy atom. The molecule has 0 spiro atoms. The first-order valence-corrected chi connectivity index (χ1v) is 7.33. The van der Waals surface area contributed by atoms with Crippen LogP contribution in [0, 0.1) is 0 Å². The predicted molar refractivity (Wildman–Crippen MR) is 83.0 cm³/mol. The van der Waals surface area contributed by atoms with Gasteiger partial charge in [-0.15, -0.1) is 0 Å². The number of ketones is 2. The number of fused-ring (bicyclic) bond motifs is 1. The zero-order valence-corrected chi connectivity index (χ0v) is 12.8. The van der Waals surface area contributed by atoms with Crippen LogP contribution in [0.2, 0.25) is 0 Å². The predicted octanol–water partition coefficient (Wildman–Crippen LogP) is 4.64. The van der Waals surface area contributed by atoms with Crippen LogP contribution in [0.3, 0.4) is 0 Å². The quantitative estimate of drug-likeness (QED) is 0.803. The summed E-state index contributed by atoms with van der Waals surface area (Å²) in [5.74, 6) is -0.563. The molecule has 1 aliphatic rings. The van der Waals surface area contributed by atoms with E-state index in [-0.39, 0.29) is 29.1 Å². The third kappa shape index (κ3) is 2.77. The maximum atomic E-state index is 12.8. The van der Waals surface area contributed by atoms with Crippen molar-refractivity contribution in [2.75, 3.05) is 0 Å². The van der Waals surface area contributed by atoms with Crippen molar-refractivity contribution in [1.82, 2.24) is 0 Å². The molecule has 3 rings (SSSR count). The highest BCUT2D eigenvalue weighted by molar-refractivity contribution is 6.26. The average molecular weight is 330 g/mol. The van der Waals surface area contributed by atoms with E-state index >= 15 is 0 Å². The largest absolute Gasteiger partial charge is 0.416 e. The van der Waals surface area contributed by atoms with Crippen LogP contribution in [0.5, 0.6) is 0 Å². The van der Waals surface area contributed by atoms with E-state index in [4.69, 9.17) is 0 Å². The summed E-state index contributed by atoms with van der Waals surface area (Å²) in [5.41, 5.74) is 0.755. The van der Waals surface area contributed by atoms with Gasteiger partial charge in [0.25, 0.3) is 0 Å². The molecule has 24 heavy (non-hydrogen) atoms. The van der Waals surface area contributed by atoms with Gasteiger partial charge in [0.2, 0.25) is 0 Å². The van der Waals surface area contributed by atoms with Crippen LogP contribution < -0.4 is 0 Å². The van der Waals surface area contributed by atoms with E-state index in [1.54, 1.807) is 31.2 Å². The van der Waals surface area contributed by atoms with Gasteiger partial charge < -0.3 is 0 Å². The fraction of sp³-hybridized carbons (Fsp3) is 0.158. The monoisotopic (exact) mass is 330 g/mol. The summed E-state index contributed by atoms with van der Waals surface area (Å²) in [6.45, 7) is 1.54. The van der Waals surface area contributed by atoms with Crippen molar-refractivity contribution in [3.05, 3.63) is 81.9 Å².